The van der Waals surface area contributed by atoms with Crippen LogP contribution in [0.3, 0.4) is 0 Å². The van der Waals surface area contributed by atoms with E-state index in [-0.39, 0.29) is 0 Å². The molecule has 0 fully saturated rings. The fourth-order valence-electron chi connectivity index (χ4n) is 1.69. The van der Waals surface area contributed by atoms with Crippen LogP contribution in [0.15, 0.2) is 34.9 Å². The van der Waals surface area contributed by atoms with E-state index in [1.54, 1.807) is 13.3 Å². The molecule has 19 heavy (non-hydrogen) atoms. The summed E-state index contributed by atoms with van der Waals surface area (Å²) in [4.78, 5) is 8.86. The predicted molar refractivity (Wildman–Crippen MR) is 79.1 cm³/mol. The van der Waals surface area contributed by atoms with Crippen LogP contribution in [-0.2, 0) is 6.54 Å². The lowest BCUT2D eigenvalue weighted by molar-refractivity contribution is 0.412. The summed E-state index contributed by atoms with van der Waals surface area (Å²) in [5.74, 6) is 1.52. The Bertz CT molecular complexity index is 560. The van der Waals surface area contributed by atoms with Crippen molar-refractivity contribution in [1.82, 2.24) is 15.3 Å². The average Bonchev–Trinajstić information content (AvgIpc) is 2.45. The predicted octanol–water partition coefficient (Wildman–Crippen LogP) is 3.02. The number of nitrogens with one attached hydrogen (secondary N) is 1. The third-order valence-corrected chi connectivity index (χ3v) is 3.30. The van der Waals surface area contributed by atoms with Gasteiger partial charge in [-0.3, -0.25) is 0 Å². The second-order valence-electron chi connectivity index (χ2n) is 4.00. The van der Waals surface area contributed by atoms with E-state index >= 15 is 0 Å². The highest BCUT2D eigenvalue weighted by molar-refractivity contribution is 9.10. The van der Waals surface area contributed by atoms with Crippen LogP contribution in [0.25, 0.3) is 11.4 Å². The SMILES string of the molecule is CCNCc1ccnc(-c2ccc(OC)c(Br)c2)n1. The molecular weight excluding hydrogens is 306 g/mol. The summed E-state index contributed by atoms with van der Waals surface area (Å²) in [6.07, 6.45) is 1.78. The van der Waals surface area contributed by atoms with Crippen LogP contribution in [0.1, 0.15) is 12.6 Å². The van der Waals surface area contributed by atoms with Crippen molar-refractivity contribution in [3.05, 3.63) is 40.6 Å². The van der Waals surface area contributed by atoms with Gasteiger partial charge in [0.1, 0.15) is 5.75 Å². The van der Waals surface area contributed by atoms with Crippen LogP contribution in [0.2, 0.25) is 0 Å². The molecule has 0 unspecified atom stereocenters. The maximum absolute atomic E-state index is 5.21. The standard InChI is InChI=1S/C14H16BrN3O/c1-3-16-9-11-6-7-17-14(18-11)10-4-5-13(19-2)12(15)8-10/h4-8,16H,3,9H2,1-2H3. The van der Waals surface area contributed by atoms with Gasteiger partial charge in [0, 0.05) is 18.3 Å². The van der Waals surface area contributed by atoms with Gasteiger partial charge in [-0.2, -0.15) is 0 Å². The van der Waals surface area contributed by atoms with Crippen LogP contribution in [-0.4, -0.2) is 23.6 Å². The smallest absolute Gasteiger partial charge is 0.159 e. The zero-order valence-electron chi connectivity index (χ0n) is 11.0. The van der Waals surface area contributed by atoms with Crippen molar-refractivity contribution in [2.45, 2.75) is 13.5 Å². The highest BCUT2D eigenvalue weighted by Gasteiger charge is 2.06. The summed E-state index contributed by atoms with van der Waals surface area (Å²) < 4.78 is 6.11. The first kappa shape index (κ1) is 14.0. The molecule has 0 radical (unpaired) electrons. The number of benzene rings is 1. The first-order chi connectivity index (χ1) is 9.24. The van der Waals surface area contributed by atoms with Crippen LogP contribution < -0.4 is 10.1 Å². The number of hydrogen-bond acceptors (Lipinski definition) is 4. The summed E-state index contributed by atoms with van der Waals surface area (Å²) in [7, 11) is 1.65. The van der Waals surface area contributed by atoms with Crippen LogP contribution >= 0.6 is 15.9 Å². The Hall–Kier alpha value is -1.46. The van der Waals surface area contributed by atoms with E-state index in [1.807, 2.05) is 24.3 Å². The Labute approximate surface area is 121 Å². The van der Waals surface area contributed by atoms with Gasteiger partial charge in [0.25, 0.3) is 0 Å². The van der Waals surface area contributed by atoms with Gasteiger partial charge >= 0.3 is 0 Å². The van der Waals surface area contributed by atoms with Crippen LogP contribution in [0.5, 0.6) is 5.75 Å². The normalized spacial score (nSPS) is 10.5. The van der Waals surface area contributed by atoms with Gasteiger partial charge in [-0.1, -0.05) is 6.92 Å². The second kappa shape index (κ2) is 6.63. The topological polar surface area (TPSA) is 47.0 Å². The third-order valence-electron chi connectivity index (χ3n) is 2.68. The molecule has 0 spiro atoms. The van der Waals surface area contributed by atoms with E-state index in [2.05, 4.69) is 38.1 Å². The second-order valence-corrected chi connectivity index (χ2v) is 4.86. The van der Waals surface area contributed by atoms with Crippen molar-refractivity contribution < 1.29 is 4.74 Å². The molecule has 0 aliphatic rings. The zero-order chi connectivity index (χ0) is 13.7. The van der Waals surface area contributed by atoms with Crippen LogP contribution in [0, 0.1) is 0 Å². The Balaban J connectivity index is 2.28. The summed E-state index contributed by atoms with van der Waals surface area (Å²) in [6, 6.07) is 7.74. The third kappa shape index (κ3) is 3.52. The van der Waals surface area contributed by atoms with Gasteiger partial charge in [0.05, 0.1) is 17.3 Å². The Morgan fingerprint density at radius 3 is 2.84 bits per heavy atom. The van der Waals surface area contributed by atoms with Crippen molar-refractivity contribution in [2.75, 3.05) is 13.7 Å². The quantitative estimate of drug-likeness (QED) is 0.919. The number of rotatable bonds is 5. The Morgan fingerprint density at radius 1 is 1.32 bits per heavy atom. The summed E-state index contributed by atoms with van der Waals surface area (Å²) in [6.45, 7) is 3.75. The molecule has 0 aliphatic heterocycles. The Kier molecular flexibility index (Phi) is 4.87. The molecule has 0 saturated heterocycles. The molecule has 0 aliphatic carbocycles. The summed E-state index contributed by atoms with van der Waals surface area (Å²) in [5.41, 5.74) is 1.95. The van der Waals surface area contributed by atoms with Crippen LogP contribution in [0.4, 0.5) is 0 Å². The molecule has 2 rings (SSSR count). The van der Waals surface area contributed by atoms with Gasteiger partial charge in [0.15, 0.2) is 5.82 Å². The fraction of sp³-hybridized carbons (Fsp3) is 0.286. The summed E-state index contributed by atoms with van der Waals surface area (Å²) in [5, 5.41) is 3.25. The number of halogens is 1. The zero-order valence-corrected chi connectivity index (χ0v) is 12.6. The van der Waals surface area contributed by atoms with Crippen molar-refractivity contribution in [3.8, 4) is 17.1 Å². The average molecular weight is 322 g/mol. The highest BCUT2D eigenvalue weighted by atomic mass is 79.9. The van der Waals surface area contributed by atoms with Gasteiger partial charge in [0.2, 0.25) is 0 Å². The molecule has 1 N–H and O–H groups in total. The van der Waals surface area contributed by atoms with E-state index in [4.69, 9.17) is 4.74 Å². The number of ether oxygens (including phenoxy) is 1. The fourth-order valence-corrected chi connectivity index (χ4v) is 2.23. The van der Waals surface area contributed by atoms with E-state index in [1.165, 1.54) is 0 Å². The molecule has 0 amide bonds. The molecule has 1 aromatic heterocycles. The van der Waals surface area contributed by atoms with Crippen molar-refractivity contribution in [1.29, 1.82) is 0 Å². The molecule has 100 valence electrons. The molecule has 0 bridgehead atoms. The number of aromatic nitrogens is 2. The van der Waals surface area contributed by atoms with Gasteiger partial charge < -0.3 is 10.1 Å². The van der Waals surface area contributed by atoms with Crippen molar-refractivity contribution in [2.24, 2.45) is 0 Å². The minimum Gasteiger partial charge on any atom is -0.496 e. The first-order valence-electron chi connectivity index (χ1n) is 6.11. The summed E-state index contributed by atoms with van der Waals surface area (Å²) >= 11 is 3.47. The van der Waals surface area contributed by atoms with E-state index in [0.29, 0.717) is 0 Å². The minimum absolute atomic E-state index is 0.721. The van der Waals surface area contributed by atoms with E-state index in [9.17, 15) is 0 Å². The number of hydrogen-bond donors (Lipinski definition) is 1. The maximum Gasteiger partial charge on any atom is 0.159 e. The van der Waals surface area contributed by atoms with E-state index < -0.39 is 0 Å². The van der Waals surface area contributed by atoms with Crippen molar-refractivity contribution >= 4 is 15.9 Å². The first-order valence-corrected chi connectivity index (χ1v) is 6.90. The number of nitrogens with zero attached hydrogens (tertiary/aromatic N) is 2. The van der Waals surface area contributed by atoms with Crippen molar-refractivity contribution in [3.63, 3.8) is 0 Å². The monoisotopic (exact) mass is 321 g/mol. The maximum atomic E-state index is 5.21. The largest absolute Gasteiger partial charge is 0.496 e. The number of methoxy groups -OCH3 is 1. The molecule has 2 aromatic rings. The lowest BCUT2D eigenvalue weighted by Crippen LogP contribution is -2.13. The minimum atomic E-state index is 0.721. The lowest BCUT2D eigenvalue weighted by atomic mass is 10.2. The van der Waals surface area contributed by atoms with Gasteiger partial charge in [-0.15, -0.1) is 0 Å². The van der Waals surface area contributed by atoms with Gasteiger partial charge in [-0.25, -0.2) is 9.97 Å². The molecule has 1 aromatic carbocycles. The molecule has 4 nitrogen and oxygen atoms in total. The van der Waals surface area contributed by atoms with E-state index in [0.717, 1.165) is 40.4 Å². The molecular formula is C14H16BrN3O. The van der Waals surface area contributed by atoms with Gasteiger partial charge in [-0.05, 0) is 46.7 Å². The lowest BCUT2D eigenvalue weighted by Gasteiger charge is -2.07. The molecule has 0 atom stereocenters. The molecule has 5 heteroatoms. The Morgan fingerprint density at radius 2 is 2.16 bits per heavy atom. The molecule has 0 saturated carbocycles. The highest BCUT2D eigenvalue weighted by Crippen LogP contribution is 2.28. The molecule has 1 heterocycles.